The molecule has 0 unspecified atom stereocenters. The van der Waals surface area contributed by atoms with E-state index in [1.54, 1.807) is 24.3 Å². The van der Waals surface area contributed by atoms with E-state index in [0.29, 0.717) is 16.4 Å². The zero-order valence-electron chi connectivity index (χ0n) is 11.8. The highest BCUT2D eigenvalue weighted by atomic mass is 35.5. The van der Waals surface area contributed by atoms with Crippen molar-refractivity contribution in [3.63, 3.8) is 0 Å². The first kappa shape index (κ1) is 15.9. The van der Waals surface area contributed by atoms with Crippen LogP contribution in [0, 0.1) is 0 Å². The third-order valence-electron chi connectivity index (χ3n) is 2.76. The molecule has 1 aromatic heterocycles. The molecule has 0 aliphatic heterocycles. The van der Waals surface area contributed by atoms with Crippen molar-refractivity contribution in [1.29, 1.82) is 0 Å². The van der Waals surface area contributed by atoms with Crippen LogP contribution in [0.4, 0.5) is 0 Å². The van der Waals surface area contributed by atoms with Crippen molar-refractivity contribution < 1.29 is 12.9 Å². The van der Waals surface area contributed by atoms with E-state index in [1.807, 2.05) is 0 Å². The molecule has 0 N–H and O–H groups in total. The first-order valence-corrected chi connectivity index (χ1v) is 7.80. The van der Waals surface area contributed by atoms with Crippen LogP contribution in [0.2, 0.25) is 5.02 Å². The Morgan fingerprint density at radius 2 is 2.00 bits per heavy atom. The van der Waals surface area contributed by atoms with Crippen molar-refractivity contribution >= 4 is 21.8 Å². The summed E-state index contributed by atoms with van der Waals surface area (Å²) in [7, 11) is 0.834. The third-order valence-corrected chi connectivity index (χ3v) is 4.84. The van der Waals surface area contributed by atoms with E-state index in [0.717, 1.165) is 8.61 Å². The lowest BCUT2D eigenvalue weighted by Gasteiger charge is -2.19. The highest BCUT2D eigenvalue weighted by Gasteiger charge is 2.23. The molecule has 0 saturated carbocycles. The van der Waals surface area contributed by atoms with Crippen molar-refractivity contribution in [2.45, 2.75) is 6.54 Å². The molecule has 7 nitrogen and oxygen atoms in total. The number of benzene rings is 1. The van der Waals surface area contributed by atoms with E-state index in [2.05, 4.69) is 10.1 Å². The number of aromatic nitrogens is 2. The van der Waals surface area contributed by atoms with Gasteiger partial charge in [0.05, 0.1) is 6.54 Å². The van der Waals surface area contributed by atoms with Gasteiger partial charge in [-0.25, -0.2) is 0 Å². The highest BCUT2D eigenvalue weighted by molar-refractivity contribution is 7.86. The average molecular weight is 331 g/mol. The van der Waals surface area contributed by atoms with Crippen LogP contribution in [0.25, 0.3) is 11.4 Å². The van der Waals surface area contributed by atoms with Gasteiger partial charge in [0.25, 0.3) is 10.2 Å². The van der Waals surface area contributed by atoms with Gasteiger partial charge in [-0.2, -0.15) is 22.0 Å². The van der Waals surface area contributed by atoms with Crippen LogP contribution in [0.3, 0.4) is 0 Å². The van der Waals surface area contributed by atoms with Crippen molar-refractivity contribution in [1.82, 2.24) is 18.8 Å². The number of rotatable bonds is 5. The summed E-state index contributed by atoms with van der Waals surface area (Å²) in [6.45, 7) is -0.00587. The Morgan fingerprint density at radius 1 is 1.29 bits per heavy atom. The third kappa shape index (κ3) is 3.59. The molecule has 2 aromatic rings. The molecular formula is C12H15ClN4O3S. The Bertz CT molecular complexity index is 730. The summed E-state index contributed by atoms with van der Waals surface area (Å²) in [5.41, 5.74) is 0.704. The first-order valence-electron chi connectivity index (χ1n) is 6.03. The molecule has 1 aromatic carbocycles. The normalized spacial score (nSPS) is 12.3. The summed E-state index contributed by atoms with van der Waals surface area (Å²) in [5, 5.41) is 4.39. The minimum Gasteiger partial charge on any atom is -0.338 e. The van der Waals surface area contributed by atoms with Gasteiger partial charge in [0.1, 0.15) is 0 Å². The van der Waals surface area contributed by atoms with Crippen LogP contribution >= 0.6 is 11.6 Å². The van der Waals surface area contributed by atoms with Crippen molar-refractivity contribution in [2.24, 2.45) is 0 Å². The summed E-state index contributed by atoms with van der Waals surface area (Å²) >= 11 is 5.90. The van der Waals surface area contributed by atoms with Crippen LogP contribution in [-0.4, -0.2) is 48.3 Å². The molecule has 0 fully saturated rings. The molecule has 1 heterocycles. The molecule has 9 heteroatoms. The molecule has 0 radical (unpaired) electrons. The second kappa shape index (κ2) is 6.10. The SMILES string of the molecule is CN(C)S(=O)(=O)N(C)Cc1nc(-c2cccc(Cl)c2)no1. The van der Waals surface area contributed by atoms with Crippen LogP contribution in [0.5, 0.6) is 0 Å². The average Bonchev–Trinajstić information content (AvgIpc) is 2.87. The molecule has 114 valence electrons. The fraction of sp³-hybridized carbons (Fsp3) is 0.333. The zero-order valence-corrected chi connectivity index (χ0v) is 13.4. The van der Waals surface area contributed by atoms with Gasteiger partial charge in [0.2, 0.25) is 11.7 Å². The number of hydrogen-bond acceptors (Lipinski definition) is 5. The van der Waals surface area contributed by atoms with Crippen LogP contribution in [0.15, 0.2) is 28.8 Å². The van der Waals surface area contributed by atoms with Crippen LogP contribution in [0.1, 0.15) is 5.89 Å². The molecule has 21 heavy (non-hydrogen) atoms. The van der Waals surface area contributed by atoms with Gasteiger partial charge in [-0.05, 0) is 12.1 Å². The van der Waals surface area contributed by atoms with E-state index in [4.69, 9.17) is 16.1 Å². The summed E-state index contributed by atoms with van der Waals surface area (Å²) in [6, 6.07) is 7.01. The van der Waals surface area contributed by atoms with Crippen LogP contribution in [-0.2, 0) is 16.8 Å². The molecule has 0 atom stereocenters. The van der Waals surface area contributed by atoms with Gasteiger partial charge < -0.3 is 4.52 Å². The van der Waals surface area contributed by atoms with E-state index < -0.39 is 10.2 Å². The second-order valence-electron chi connectivity index (χ2n) is 4.57. The maximum Gasteiger partial charge on any atom is 0.281 e. The maximum absolute atomic E-state index is 11.9. The zero-order chi connectivity index (χ0) is 15.6. The van der Waals surface area contributed by atoms with E-state index in [9.17, 15) is 8.42 Å². The monoisotopic (exact) mass is 330 g/mol. The van der Waals surface area contributed by atoms with Gasteiger partial charge in [0, 0.05) is 31.7 Å². The molecule has 0 saturated heterocycles. The smallest absolute Gasteiger partial charge is 0.281 e. The number of nitrogens with zero attached hydrogens (tertiary/aromatic N) is 4. The predicted octanol–water partition coefficient (Wildman–Crippen LogP) is 1.63. The van der Waals surface area contributed by atoms with Gasteiger partial charge in [-0.1, -0.05) is 28.9 Å². The van der Waals surface area contributed by atoms with Gasteiger partial charge in [0.15, 0.2) is 0 Å². The summed E-state index contributed by atoms with van der Waals surface area (Å²) < 4.78 is 31.1. The Hall–Kier alpha value is -1.48. The molecule has 0 bridgehead atoms. The Balaban J connectivity index is 2.18. The fourth-order valence-electron chi connectivity index (χ4n) is 1.61. The quantitative estimate of drug-likeness (QED) is 0.832. The molecule has 2 rings (SSSR count). The minimum absolute atomic E-state index is 0.00587. The van der Waals surface area contributed by atoms with Crippen molar-refractivity contribution in [2.75, 3.05) is 21.1 Å². The topological polar surface area (TPSA) is 79.5 Å². The largest absolute Gasteiger partial charge is 0.338 e. The predicted molar refractivity (Wildman–Crippen MR) is 78.8 cm³/mol. The molecule has 0 amide bonds. The summed E-state index contributed by atoms with van der Waals surface area (Å²) in [5.74, 6) is 0.570. The summed E-state index contributed by atoms with van der Waals surface area (Å²) in [4.78, 5) is 4.17. The standard InChI is InChI=1S/C12H15ClN4O3S/c1-16(2)21(18,19)17(3)8-11-14-12(15-20-11)9-5-4-6-10(13)7-9/h4-7H,8H2,1-3H3. The molecule has 0 aliphatic carbocycles. The molecule has 0 aliphatic rings. The van der Waals surface area contributed by atoms with Gasteiger partial charge >= 0.3 is 0 Å². The van der Waals surface area contributed by atoms with Gasteiger partial charge in [-0.15, -0.1) is 0 Å². The first-order chi connectivity index (χ1) is 9.80. The lowest BCUT2D eigenvalue weighted by molar-refractivity contribution is 0.327. The molecular weight excluding hydrogens is 316 g/mol. The Kier molecular flexibility index (Phi) is 4.62. The maximum atomic E-state index is 11.9. The van der Waals surface area contributed by atoms with Crippen LogP contribution < -0.4 is 0 Å². The molecule has 0 spiro atoms. The lowest BCUT2D eigenvalue weighted by Crippen LogP contribution is -2.36. The summed E-state index contributed by atoms with van der Waals surface area (Å²) in [6.07, 6.45) is 0. The number of hydrogen-bond donors (Lipinski definition) is 0. The van der Waals surface area contributed by atoms with Gasteiger partial charge in [-0.3, -0.25) is 0 Å². The Morgan fingerprint density at radius 3 is 2.62 bits per heavy atom. The minimum atomic E-state index is -3.52. The van der Waals surface area contributed by atoms with E-state index in [-0.39, 0.29) is 12.4 Å². The van der Waals surface area contributed by atoms with E-state index in [1.165, 1.54) is 21.1 Å². The number of halogens is 1. The Labute approximate surface area is 128 Å². The highest BCUT2D eigenvalue weighted by Crippen LogP contribution is 2.20. The lowest BCUT2D eigenvalue weighted by atomic mass is 10.2. The van der Waals surface area contributed by atoms with Crippen molar-refractivity contribution in [3.8, 4) is 11.4 Å². The second-order valence-corrected chi connectivity index (χ2v) is 7.25. The fourth-order valence-corrected chi connectivity index (χ4v) is 2.64. The van der Waals surface area contributed by atoms with Crippen molar-refractivity contribution in [3.05, 3.63) is 35.2 Å². The van der Waals surface area contributed by atoms with E-state index >= 15 is 0 Å².